The van der Waals surface area contributed by atoms with Crippen LogP contribution < -0.4 is 16.0 Å². The summed E-state index contributed by atoms with van der Waals surface area (Å²) in [6, 6.07) is 5.98. The summed E-state index contributed by atoms with van der Waals surface area (Å²) in [6.45, 7) is 2.56. The first kappa shape index (κ1) is 17.7. The molecule has 0 unspecified atom stereocenters. The maximum Gasteiger partial charge on any atom is 0.270 e. The number of nitrogens with two attached hydrogens (primary N) is 1. The highest BCUT2D eigenvalue weighted by atomic mass is 16.1. The molecule has 0 spiro atoms. The number of nitrogens with one attached hydrogen (secondary N) is 1. The van der Waals surface area contributed by atoms with Crippen molar-refractivity contribution in [1.29, 1.82) is 0 Å². The fraction of sp³-hybridized carbons (Fsp3) is 0.500. The number of carbonyl (C=O) groups is 1. The third-order valence-corrected chi connectivity index (χ3v) is 5.46. The second-order valence-corrected chi connectivity index (χ2v) is 7.41. The smallest absolute Gasteiger partial charge is 0.270 e. The normalized spacial score (nSPS) is 19.4. The van der Waals surface area contributed by atoms with Gasteiger partial charge in [-0.15, -0.1) is 0 Å². The molecule has 2 aromatic heterocycles. The van der Waals surface area contributed by atoms with Crippen molar-refractivity contribution in [3.05, 3.63) is 41.3 Å². The molecule has 3 heterocycles. The first-order valence-electron chi connectivity index (χ1n) is 9.80. The van der Waals surface area contributed by atoms with Gasteiger partial charge in [0.25, 0.3) is 5.91 Å². The molecule has 1 atom stereocenters. The number of aromatic nitrogens is 3. The van der Waals surface area contributed by atoms with E-state index in [1.807, 2.05) is 24.4 Å². The molecule has 1 aliphatic heterocycles. The monoisotopic (exact) mass is 366 g/mol. The van der Waals surface area contributed by atoms with E-state index in [0.717, 1.165) is 68.7 Å². The molecule has 1 saturated heterocycles. The first-order valence-corrected chi connectivity index (χ1v) is 9.80. The molecule has 0 bridgehead atoms. The van der Waals surface area contributed by atoms with Gasteiger partial charge in [0.1, 0.15) is 11.5 Å². The maximum atomic E-state index is 12.8. The Morgan fingerprint density at radius 3 is 2.96 bits per heavy atom. The number of hydrogen-bond acceptors (Lipinski definition) is 6. The van der Waals surface area contributed by atoms with Gasteiger partial charge >= 0.3 is 0 Å². The molecule has 1 amide bonds. The SMILES string of the molecule is Nc1nc2c(c(C(=O)NC[C@@H]3CCCN(c4ccccn4)C3)n1)CCCC2. The Balaban J connectivity index is 1.40. The number of rotatable bonds is 4. The molecule has 3 N–H and O–H groups in total. The van der Waals surface area contributed by atoms with Crippen molar-refractivity contribution in [3.8, 4) is 0 Å². The van der Waals surface area contributed by atoms with Crippen molar-refractivity contribution in [2.24, 2.45) is 5.92 Å². The van der Waals surface area contributed by atoms with Gasteiger partial charge in [0.05, 0.1) is 0 Å². The number of aryl methyl sites for hydroxylation is 1. The van der Waals surface area contributed by atoms with Crippen LogP contribution in [0.3, 0.4) is 0 Å². The summed E-state index contributed by atoms with van der Waals surface area (Å²) in [5.41, 5.74) is 8.21. The van der Waals surface area contributed by atoms with Gasteiger partial charge in [-0.3, -0.25) is 4.79 Å². The second-order valence-electron chi connectivity index (χ2n) is 7.41. The van der Waals surface area contributed by atoms with Crippen molar-refractivity contribution < 1.29 is 4.79 Å². The van der Waals surface area contributed by atoms with E-state index < -0.39 is 0 Å². The molecular formula is C20H26N6O. The van der Waals surface area contributed by atoms with E-state index in [1.165, 1.54) is 0 Å². The Morgan fingerprint density at radius 2 is 2.11 bits per heavy atom. The van der Waals surface area contributed by atoms with Crippen LogP contribution in [0, 0.1) is 5.92 Å². The van der Waals surface area contributed by atoms with Crippen LogP contribution in [0.25, 0.3) is 0 Å². The highest BCUT2D eigenvalue weighted by molar-refractivity contribution is 5.94. The number of anilines is 2. The Hall–Kier alpha value is -2.70. The van der Waals surface area contributed by atoms with Gasteiger partial charge in [0.15, 0.2) is 0 Å². The average Bonchev–Trinajstić information content (AvgIpc) is 2.72. The van der Waals surface area contributed by atoms with Crippen LogP contribution in [0.2, 0.25) is 0 Å². The third-order valence-electron chi connectivity index (χ3n) is 5.46. The zero-order valence-corrected chi connectivity index (χ0v) is 15.5. The van der Waals surface area contributed by atoms with E-state index in [2.05, 4.69) is 25.2 Å². The first-order chi connectivity index (χ1) is 13.2. The van der Waals surface area contributed by atoms with Crippen LogP contribution in [0.1, 0.15) is 47.4 Å². The minimum absolute atomic E-state index is 0.128. The van der Waals surface area contributed by atoms with Crippen molar-refractivity contribution in [3.63, 3.8) is 0 Å². The highest BCUT2D eigenvalue weighted by Crippen LogP contribution is 2.24. The number of carbonyl (C=O) groups excluding carboxylic acids is 1. The zero-order valence-electron chi connectivity index (χ0n) is 15.5. The molecule has 7 heteroatoms. The minimum Gasteiger partial charge on any atom is -0.368 e. The molecule has 1 fully saturated rings. The van der Waals surface area contributed by atoms with Crippen LogP contribution in [-0.4, -0.2) is 40.5 Å². The number of amides is 1. The lowest BCUT2D eigenvalue weighted by Crippen LogP contribution is -2.41. The van der Waals surface area contributed by atoms with Gasteiger partial charge in [-0.2, -0.15) is 0 Å². The standard InChI is InChI=1S/C20H26N6O/c21-20-24-16-8-2-1-7-15(16)18(25-20)19(27)23-12-14-6-5-11-26(13-14)17-9-3-4-10-22-17/h3-4,9-10,14H,1-2,5-8,11-13H2,(H,23,27)(H2,21,24,25)/t14-/m0/s1. The van der Waals surface area contributed by atoms with Crippen LogP contribution in [-0.2, 0) is 12.8 Å². The van der Waals surface area contributed by atoms with Gasteiger partial charge in [-0.1, -0.05) is 6.07 Å². The lowest BCUT2D eigenvalue weighted by molar-refractivity contribution is 0.0939. The molecule has 142 valence electrons. The average molecular weight is 366 g/mol. The molecule has 2 aromatic rings. The molecule has 1 aliphatic carbocycles. The number of fused-ring (bicyclic) bond motifs is 1. The number of pyridine rings is 1. The van der Waals surface area contributed by atoms with Crippen LogP contribution >= 0.6 is 0 Å². The quantitative estimate of drug-likeness (QED) is 0.859. The molecule has 7 nitrogen and oxygen atoms in total. The molecule has 4 rings (SSSR count). The molecular weight excluding hydrogens is 340 g/mol. The van der Waals surface area contributed by atoms with Gasteiger partial charge in [0.2, 0.25) is 5.95 Å². The lowest BCUT2D eigenvalue weighted by Gasteiger charge is -2.33. The second kappa shape index (κ2) is 7.90. The Kier molecular flexibility index (Phi) is 5.18. The summed E-state index contributed by atoms with van der Waals surface area (Å²) >= 11 is 0. The van der Waals surface area contributed by atoms with Crippen molar-refractivity contribution in [2.45, 2.75) is 38.5 Å². The van der Waals surface area contributed by atoms with Gasteiger partial charge in [-0.25, -0.2) is 15.0 Å². The Morgan fingerprint density at radius 1 is 1.22 bits per heavy atom. The minimum atomic E-state index is -0.128. The number of nitrogen functional groups attached to an aromatic ring is 1. The van der Waals surface area contributed by atoms with Crippen LogP contribution in [0.15, 0.2) is 24.4 Å². The van der Waals surface area contributed by atoms with E-state index in [1.54, 1.807) is 0 Å². The fourth-order valence-corrected chi connectivity index (χ4v) is 4.10. The van der Waals surface area contributed by atoms with Crippen LogP contribution in [0.5, 0.6) is 0 Å². The van der Waals surface area contributed by atoms with Gasteiger partial charge in [0, 0.05) is 37.1 Å². The number of hydrogen-bond donors (Lipinski definition) is 2. The summed E-state index contributed by atoms with van der Waals surface area (Å²) in [4.78, 5) is 28.1. The number of piperidine rings is 1. The summed E-state index contributed by atoms with van der Waals surface area (Å²) < 4.78 is 0. The van der Waals surface area contributed by atoms with E-state index in [0.29, 0.717) is 18.2 Å². The predicted molar refractivity (Wildman–Crippen MR) is 105 cm³/mol. The third kappa shape index (κ3) is 4.02. The highest BCUT2D eigenvalue weighted by Gasteiger charge is 2.24. The van der Waals surface area contributed by atoms with E-state index in [4.69, 9.17) is 5.73 Å². The lowest BCUT2D eigenvalue weighted by atomic mass is 9.94. The van der Waals surface area contributed by atoms with E-state index in [9.17, 15) is 4.79 Å². The fourth-order valence-electron chi connectivity index (χ4n) is 4.10. The van der Waals surface area contributed by atoms with Crippen molar-refractivity contribution in [2.75, 3.05) is 30.3 Å². The van der Waals surface area contributed by atoms with Gasteiger partial charge < -0.3 is 16.0 Å². The summed E-state index contributed by atoms with van der Waals surface area (Å²) in [5.74, 6) is 1.47. The Labute approximate surface area is 159 Å². The summed E-state index contributed by atoms with van der Waals surface area (Å²) in [5, 5.41) is 3.09. The predicted octanol–water partition coefficient (Wildman–Crippen LogP) is 1.98. The largest absolute Gasteiger partial charge is 0.368 e. The molecule has 0 radical (unpaired) electrons. The van der Waals surface area contributed by atoms with Crippen LogP contribution in [0.4, 0.5) is 11.8 Å². The van der Waals surface area contributed by atoms with E-state index >= 15 is 0 Å². The molecule has 0 saturated carbocycles. The zero-order chi connectivity index (χ0) is 18.6. The number of nitrogens with zero attached hydrogens (tertiary/aromatic N) is 4. The molecule has 0 aromatic carbocycles. The van der Waals surface area contributed by atoms with Crippen molar-refractivity contribution in [1.82, 2.24) is 20.3 Å². The van der Waals surface area contributed by atoms with Gasteiger partial charge in [-0.05, 0) is 56.6 Å². The summed E-state index contributed by atoms with van der Waals surface area (Å²) in [6.07, 6.45) is 7.93. The topological polar surface area (TPSA) is 97.0 Å². The van der Waals surface area contributed by atoms with E-state index in [-0.39, 0.29) is 11.9 Å². The molecule has 27 heavy (non-hydrogen) atoms. The van der Waals surface area contributed by atoms with Crippen molar-refractivity contribution >= 4 is 17.7 Å². The maximum absolute atomic E-state index is 12.8. The summed E-state index contributed by atoms with van der Waals surface area (Å²) in [7, 11) is 0. The molecule has 2 aliphatic rings. The Bertz CT molecular complexity index is 810.